The molecule has 0 saturated heterocycles. The monoisotopic (exact) mass is 282 g/mol. The average molecular weight is 282 g/mol. The molecule has 0 radical (unpaired) electrons. The lowest BCUT2D eigenvalue weighted by Crippen LogP contribution is -2.46. The van der Waals surface area contributed by atoms with Crippen LogP contribution in [0, 0.1) is 0 Å². The van der Waals surface area contributed by atoms with Gasteiger partial charge in [0.2, 0.25) is 0 Å². The lowest BCUT2D eigenvalue weighted by atomic mass is 10.1. The summed E-state index contributed by atoms with van der Waals surface area (Å²) in [6.45, 7) is 8.88. The summed E-state index contributed by atoms with van der Waals surface area (Å²) in [7, 11) is 0.0609. The topological polar surface area (TPSA) is 9.23 Å². The van der Waals surface area contributed by atoms with Crippen molar-refractivity contribution in [2.24, 2.45) is 0 Å². The molecule has 0 aliphatic carbocycles. The number of ether oxygens (including phenoxy) is 1. The van der Waals surface area contributed by atoms with E-state index in [-0.39, 0.29) is 0 Å². The minimum Gasteiger partial charge on any atom is -0.497 e. The first-order valence-electron chi connectivity index (χ1n) is 6.91. The highest BCUT2D eigenvalue weighted by Gasteiger charge is 2.32. The predicted octanol–water partition coefficient (Wildman–Crippen LogP) is 4.12. The van der Waals surface area contributed by atoms with Crippen molar-refractivity contribution in [2.45, 2.75) is 18.6 Å². The molecule has 0 N–H and O–H groups in total. The van der Waals surface area contributed by atoms with E-state index in [4.69, 9.17) is 4.74 Å². The van der Waals surface area contributed by atoms with E-state index in [1.807, 2.05) is 12.1 Å². The van der Waals surface area contributed by atoms with Gasteiger partial charge in [-0.05, 0) is 17.7 Å². The van der Waals surface area contributed by atoms with Gasteiger partial charge in [-0.25, -0.2) is 0 Å². The molecule has 0 aliphatic heterocycles. The third-order valence-electron chi connectivity index (χ3n) is 4.01. The summed E-state index contributed by atoms with van der Waals surface area (Å²) in [5, 5.41) is 1.46. The summed E-state index contributed by atoms with van der Waals surface area (Å²) in [6.07, 6.45) is 2.10. The Morgan fingerprint density at radius 1 is 1.00 bits per heavy atom. The van der Waals surface area contributed by atoms with Crippen LogP contribution in [-0.2, 0) is 0 Å². The Labute approximate surface area is 122 Å². The second-order valence-corrected chi connectivity index (χ2v) is 10.2. The second-order valence-electron chi connectivity index (χ2n) is 5.57. The molecule has 0 bridgehead atoms. The molecule has 2 aromatic carbocycles. The zero-order valence-corrected chi connectivity index (χ0v) is 13.5. The van der Waals surface area contributed by atoms with Crippen LogP contribution in [0.2, 0.25) is 13.1 Å². The highest BCUT2D eigenvalue weighted by Crippen LogP contribution is 2.29. The van der Waals surface area contributed by atoms with Crippen LogP contribution in [-0.4, -0.2) is 15.2 Å². The number of hydrogen-bond donors (Lipinski definition) is 0. The molecule has 0 heterocycles. The third-order valence-corrected chi connectivity index (χ3v) is 7.95. The quantitative estimate of drug-likeness (QED) is 0.592. The molecular weight excluding hydrogens is 260 g/mol. The SMILES string of the molecule is C=C[C@H](c1ccc(OC)cc1)[Si](C)(C)c1ccccc1. The van der Waals surface area contributed by atoms with Crippen molar-refractivity contribution in [2.75, 3.05) is 7.11 Å². The number of allylic oxidation sites excluding steroid dienone is 1. The van der Waals surface area contributed by atoms with Crippen LogP contribution in [0.4, 0.5) is 0 Å². The first-order valence-corrected chi connectivity index (χ1v) is 9.99. The highest BCUT2D eigenvalue weighted by atomic mass is 28.3. The number of hydrogen-bond acceptors (Lipinski definition) is 1. The molecule has 0 spiro atoms. The van der Waals surface area contributed by atoms with Gasteiger partial charge in [-0.15, -0.1) is 6.58 Å². The third kappa shape index (κ3) is 2.85. The van der Waals surface area contributed by atoms with E-state index >= 15 is 0 Å². The maximum absolute atomic E-state index is 5.24. The summed E-state index contributed by atoms with van der Waals surface area (Å²) in [6, 6.07) is 19.2. The van der Waals surface area contributed by atoms with Crippen LogP contribution in [0.25, 0.3) is 0 Å². The standard InChI is InChI=1S/C18H22OSi/c1-5-18(15-11-13-16(19-2)14-12-15)20(3,4)17-9-7-6-8-10-17/h5-14,18H,1H2,2-4H3/t18-/m1/s1. The van der Waals surface area contributed by atoms with Gasteiger partial charge in [0.25, 0.3) is 0 Å². The van der Waals surface area contributed by atoms with Gasteiger partial charge in [-0.3, -0.25) is 0 Å². The molecule has 0 saturated carbocycles. The molecule has 2 rings (SSSR count). The van der Waals surface area contributed by atoms with E-state index in [0.29, 0.717) is 5.54 Å². The molecule has 104 valence electrons. The number of rotatable bonds is 5. The first-order chi connectivity index (χ1) is 9.59. The van der Waals surface area contributed by atoms with Crippen LogP contribution < -0.4 is 9.92 Å². The van der Waals surface area contributed by atoms with Gasteiger partial charge in [-0.2, -0.15) is 0 Å². The van der Waals surface area contributed by atoms with Crippen molar-refractivity contribution in [1.82, 2.24) is 0 Å². The first kappa shape index (κ1) is 14.6. The van der Waals surface area contributed by atoms with Crippen molar-refractivity contribution >= 4 is 13.3 Å². The van der Waals surface area contributed by atoms with Gasteiger partial charge in [0.1, 0.15) is 5.75 Å². The maximum atomic E-state index is 5.24. The lowest BCUT2D eigenvalue weighted by molar-refractivity contribution is 0.414. The van der Waals surface area contributed by atoms with Crippen molar-refractivity contribution in [3.63, 3.8) is 0 Å². The Kier molecular flexibility index (Phi) is 4.45. The number of methoxy groups -OCH3 is 1. The summed E-state index contributed by atoms with van der Waals surface area (Å²) in [5.74, 6) is 0.899. The predicted molar refractivity (Wildman–Crippen MR) is 89.5 cm³/mol. The molecule has 0 aliphatic rings. The van der Waals surface area contributed by atoms with Gasteiger partial charge >= 0.3 is 0 Å². The Hall–Kier alpha value is -1.80. The van der Waals surface area contributed by atoms with E-state index < -0.39 is 8.07 Å². The van der Waals surface area contributed by atoms with Gasteiger partial charge in [-0.1, -0.05) is 66.8 Å². The lowest BCUT2D eigenvalue weighted by Gasteiger charge is -2.31. The van der Waals surface area contributed by atoms with Crippen LogP contribution in [0.5, 0.6) is 5.75 Å². The van der Waals surface area contributed by atoms with Crippen molar-refractivity contribution < 1.29 is 4.74 Å². The molecule has 0 fully saturated rings. The zero-order valence-electron chi connectivity index (χ0n) is 12.5. The smallest absolute Gasteiger partial charge is 0.118 e. The normalized spacial score (nSPS) is 12.8. The largest absolute Gasteiger partial charge is 0.497 e. The summed E-state index contributed by atoms with van der Waals surface area (Å²) < 4.78 is 5.24. The van der Waals surface area contributed by atoms with Crippen molar-refractivity contribution in [3.8, 4) is 5.75 Å². The maximum Gasteiger partial charge on any atom is 0.118 e. The molecule has 0 aromatic heterocycles. The van der Waals surface area contributed by atoms with Crippen LogP contribution in [0.1, 0.15) is 11.1 Å². The van der Waals surface area contributed by atoms with E-state index in [2.05, 4.69) is 68.2 Å². The fourth-order valence-electron chi connectivity index (χ4n) is 2.71. The number of benzene rings is 2. The molecule has 0 unspecified atom stereocenters. The Morgan fingerprint density at radius 2 is 1.60 bits per heavy atom. The van der Waals surface area contributed by atoms with E-state index in [1.54, 1.807) is 7.11 Å². The van der Waals surface area contributed by atoms with Gasteiger partial charge < -0.3 is 4.74 Å². The van der Waals surface area contributed by atoms with Gasteiger partial charge in [0.15, 0.2) is 0 Å². The summed E-state index contributed by atoms with van der Waals surface area (Å²) >= 11 is 0. The molecular formula is C18H22OSi. The van der Waals surface area contributed by atoms with Crippen LogP contribution in [0.15, 0.2) is 67.3 Å². The van der Waals surface area contributed by atoms with Gasteiger partial charge in [0, 0.05) is 5.54 Å². The van der Waals surface area contributed by atoms with Crippen molar-refractivity contribution in [1.29, 1.82) is 0 Å². The summed E-state index contributed by atoms with van der Waals surface area (Å²) in [5.41, 5.74) is 1.72. The molecule has 1 nitrogen and oxygen atoms in total. The highest BCUT2D eigenvalue weighted by molar-refractivity contribution is 6.91. The minimum absolute atomic E-state index is 0.399. The Morgan fingerprint density at radius 3 is 2.10 bits per heavy atom. The molecule has 2 aromatic rings. The molecule has 1 atom stereocenters. The minimum atomic E-state index is -1.64. The van der Waals surface area contributed by atoms with E-state index in [1.165, 1.54) is 10.8 Å². The Balaban J connectivity index is 2.38. The van der Waals surface area contributed by atoms with E-state index in [9.17, 15) is 0 Å². The fraction of sp³-hybridized carbons (Fsp3) is 0.222. The second kappa shape index (κ2) is 6.10. The zero-order chi connectivity index (χ0) is 14.6. The molecule has 2 heteroatoms. The van der Waals surface area contributed by atoms with Crippen molar-refractivity contribution in [3.05, 3.63) is 72.8 Å². The van der Waals surface area contributed by atoms with E-state index in [0.717, 1.165) is 5.75 Å². The molecule has 0 amide bonds. The van der Waals surface area contributed by atoms with Crippen LogP contribution in [0.3, 0.4) is 0 Å². The Bertz CT molecular complexity index is 558. The average Bonchev–Trinajstić information content (AvgIpc) is 2.49. The molecule has 20 heavy (non-hydrogen) atoms. The fourth-order valence-corrected chi connectivity index (χ4v) is 5.73. The summed E-state index contributed by atoms with van der Waals surface area (Å²) in [4.78, 5) is 0. The van der Waals surface area contributed by atoms with Crippen LogP contribution >= 0.6 is 0 Å². The van der Waals surface area contributed by atoms with Gasteiger partial charge in [0.05, 0.1) is 15.2 Å².